The summed E-state index contributed by atoms with van der Waals surface area (Å²) in [5, 5.41) is 12.5. The van der Waals surface area contributed by atoms with Gasteiger partial charge in [0.05, 0.1) is 29.6 Å². The molecule has 2 heterocycles. The Balaban J connectivity index is 1.68. The van der Waals surface area contributed by atoms with Gasteiger partial charge in [0.1, 0.15) is 17.3 Å². The quantitative estimate of drug-likeness (QED) is 0.470. The van der Waals surface area contributed by atoms with Gasteiger partial charge < -0.3 is 10.1 Å². The van der Waals surface area contributed by atoms with Crippen molar-refractivity contribution >= 4 is 16.8 Å². The standard InChI is InChI=1S/C25H27N5O3/c1-5-21(24(31)26-15-18-10-9-13-20(14-18)33-4)30-25(32)22-17(3)29(19-11-7-6-8-12-19)28-23(22)16(2)27-30/h6-14,21H,5,15H2,1-4H3,(H,26,31)/t21-/m0/s1. The zero-order valence-corrected chi connectivity index (χ0v) is 19.2. The van der Waals surface area contributed by atoms with Crippen LogP contribution >= 0.6 is 0 Å². The Morgan fingerprint density at radius 1 is 1.09 bits per heavy atom. The smallest absolute Gasteiger partial charge is 0.278 e. The predicted octanol–water partition coefficient (Wildman–Crippen LogP) is 3.48. The van der Waals surface area contributed by atoms with Crippen LogP contribution in [0.3, 0.4) is 0 Å². The van der Waals surface area contributed by atoms with E-state index in [1.807, 2.05) is 68.4 Å². The molecule has 4 aromatic rings. The lowest BCUT2D eigenvalue weighted by molar-refractivity contribution is -0.125. The van der Waals surface area contributed by atoms with E-state index in [-0.39, 0.29) is 11.5 Å². The molecule has 8 heteroatoms. The zero-order chi connectivity index (χ0) is 23.5. The third-order valence-corrected chi connectivity index (χ3v) is 5.72. The van der Waals surface area contributed by atoms with Crippen LogP contribution in [0.2, 0.25) is 0 Å². The molecule has 0 aliphatic carbocycles. The molecule has 0 aliphatic heterocycles. The molecular formula is C25H27N5O3. The first kappa shape index (κ1) is 22.3. The van der Waals surface area contributed by atoms with Crippen molar-refractivity contribution in [2.24, 2.45) is 0 Å². The van der Waals surface area contributed by atoms with Gasteiger partial charge in [0, 0.05) is 6.54 Å². The largest absolute Gasteiger partial charge is 0.497 e. The number of aromatic nitrogens is 4. The van der Waals surface area contributed by atoms with Gasteiger partial charge in [-0.2, -0.15) is 10.2 Å². The number of rotatable bonds is 7. The van der Waals surface area contributed by atoms with E-state index < -0.39 is 6.04 Å². The third-order valence-electron chi connectivity index (χ3n) is 5.72. The van der Waals surface area contributed by atoms with E-state index in [1.54, 1.807) is 18.7 Å². The predicted molar refractivity (Wildman–Crippen MR) is 127 cm³/mol. The monoisotopic (exact) mass is 445 g/mol. The number of carbonyl (C=O) groups excluding carboxylic acids is 1. The molecule has 1 N–H and O–H groups in total. The highest BCUT2D eigenvalue weighted by Crippen LogP contribution is 2.21. The Bertz CT molecular complexity index is 1360. The normalized spacial score (nSPS) is 12.0. The maximum absolute atomic E-state index is 13.5. The number of methoxy groups -OCH3 is 1. The van der Waals surface area contributed by atoms with Crippen molar-refractivity contribution in [2.45, 2.75) is 39.8 Å². The van der Waals surface area contributed by atoms with E-state index in [1.165, 1.54) is 4.68 Å². The second kappa shape index (κ2) is 9.28. The Morgan fingerprint density at radius 2 is 1.85 bits per heavy atom. The number of nitrogens with zero attached hydrogens (tertiary/aromatic N) is 4. The fraction of sp³-hybridized carbons (Fsp3) is 0.280. The molecule has 0 fully saturated rings. The van der Waals surface area contributed by atoms with Crippen molar-refractivity contribution < 1.29 is 9.53 Å². The first-order chi connectivity index (χ1) is 15.9. The molecular weight excluding hydrogens is 418 g/mol. The lowest BCUT2D eigenvalue weighted by Gasteiger charge is -2.17. The fourth-order valence-electron chi connectivity index (χ4n) is 3.97. The van der Waals surface area contributed by atoms with Crippen LogP contribution < -0.4 is 15.6 Å². The summed E-state index contributed by atoms with van der Waals surface area (Å²) in [6.07, 6.45) is 0.424. The van der Waals surface area contributed by atoms with Gasteiger partial charge in [0.2, 0.25) is 5.91 Å². The number of amides is 1. The van der Waals surface area contributed by atoms with E-state index in [2.05, 4.69) is 15.5 Å². The molecule has 2 aromatic carbocycles. The van der Waals surface area contributed by atoms with Gasteiger partial charge >= 0.3 is 0 Å². The van der Waals surface area contributed by atoms with Crippen molar-refractivity contribution in [1.29, 1.82) is 0 Å². The van der Waals surface area contributed by atoms with Gasteiger partial charge in [-0.3, -0.25) is 9.59 Å². The van der Waals surface area contributed by atoms with Crippen molar-refractivity contribution in [3.63, 3.8) is 0 Å². The minimum Gasteiger partial charge on any atom is -0.497 e. The number of benzene rings is 2. The van der Waals surface area contributed by atoms with Crippen LogP contribution in [0.25, 0.3) is 16.6 Å². The van der Waals surface area contributed by atoms with E-state index in [0.29, 0.717) is 35.3 Å². The Hall–Kier alpha value is -3.94. The summed E-state index contributed by atoms with van der Waals surface area (Å²) < 4.78 is 8.28. The van der Waals surface area contributed by atoms with Gasteiger partial charge in [-0.1, -0.05) is 37.3 Å². The summed E-state index contributed by atoms with van der Waals surface area (Å²) >= 11 is 0. The molecule has 0 saturated heterocycles. The average Bonchev–Trinajstić information content (AvgIpc) is 3.20. The summed E-state index contributed by atoms with van der Waals surface area (Å²) in [4.78, 5) is 26.5. The highest BCUT2D eigenvalue weighted by atomic mass is 16.5. The van der Waals surface area contributed by atoms with Crippen molar-refractivity contribution in [3.05, 3.63) is 81.9 Å². The van der Waals surface area contributed by atoms with Crippen LogP contribution in [-0.2, 0) is 11.3 Å². The first-order valence-electron chi connectivity index (χ1n) is 10.9. The number of aryl methyl sites for hydroxylation is 2. The summed E-state index contributed by atoms with van der Waals surface area (Å²) in [5.74, 6) is 0.459. The molecule has 8 nitrogen and oxygen atoms in total. The molecule has 170 valence electrons. The van der Waals surface area contributed by atoms with Crippen LogP contribution in [-0.4, -0.2) is 32.6 Å². The van der Waals surface area contributed by atoms with Gasteiger partial charge in [-0.05, 0) is 50.1 Å². The van der Waals surface area contributed by atoms with Gasteiger partial charge in [-0.25, -0.2) is 9.36 Å². The van der Waals surface area contributed by atoms with Crippen LogP contribution in [0.1, 0.15) is 36.3 Å². The van der Waals surface area contributed by atoms with Crippen LogP contribution in [0.4, 0.5) is 0 Å². The fourth-order valence-corrected chi connectivity index (χ4v) is 3.97. The summed E-state index contributed by atoms with van der Waals surface area (Å²) in [6.45, 7) is 5.86. The molecule has 0 radical (unpaired) electrons. The summed E-state index contributed by atoms with van der Waals surface area (Å²) in [7, 11) is 1.60. The molecule has 33 heavy (non-hydrogen) atoms. The molecule has 2 aromatic heterocycles. The maximum atomic E-state index is 13.5. The second-order valence-electron chi connectivity index (χ2n) is 7.88. The molecule has 0 bridgehead atoms. The molecule has 1 amide bonds. The Morgan fingerprint density at radius 3 is 2.55 bits per heavy atom. The minimum absolute atomic E-state index is 0.262. The number of fused-ring (bicyclic) bond motifs is 1. The number of ether oxygens (including phenoxy) is 1. The van der Waals surface area contributed by atoms with Crippen molar-refractivity contribution in [3.8, 4) is 11.4 Å². The van der Waals surface area contributed by atoms with Crippen LogP contribution in [0.5, 0.6) is 5.75 Å². The summed E-state index contributed by atoms with van der Waals surface area (Å²) in [5.41, 5.74) is 3.31. The van der Waals surface area contributed by atoms with Crippen LogP contribution in [0.15, 0.2) is 59.4 Å². The highest BCUT2D eigenvalue weighted by Gasteiger charge is 2.25. The number of hydrogen-bond donors (Lipinski definition) is 1. The van der Waals surface area contributed by atoms with E-state index in [0.717, 1.165) is 17.0 Å². The van der Waals surface area contributed by atoms with Crippen molar-refractivity contribution in [1.82, 2.24) is 24.9 Å². The molecule has 0 aliphatic rings. The number of para-hydroxylation sites is 1. The molecule has 0 spiro atoms. The average molecular weight is 446 g/mol. The van der Waals surface area contributed by atoms with E-state index >= 15 is 0 Å². The molecule has 0 saturated carbocycles. The molecule has 4 rings (SSSR count). The lowest BCUT2D eigenvalue weighted by atomic mass is 10.1. The van der Waals surface area contributed by atoms with Crippen molar-refractivity contribution in [2.75, 3.05) is 7.11 Å². The Labute approximate surface area is 191 Å². The van der Waals surface area contributed by atoms with Gasteiger partial charge in [0.25, 0.3) is 5.56 Å². The van der Waals surface area contributed by atoms with E-state index in [9.17, 15) is 9.59 Å². The molecule has 1 atom stereocenters. The highest BCUT2D eigenvalue weighted by molar-refractivity contribution is 5.84. The van der Waals surface area contributed by atoms with E-state index in [4.69, 9.17) is 4.74 Å². The third kappa shape index (κ3) is 4.24. The number of hydrogen-bond acceptors (Lipinski definition) is 5. The Kier molecular flexibility index (Phi) is 6.26. The maximum Gasteiger partial charge on any atom is 0.278 e. The first-order valence-corrected chi connectivity index (χ1v) is 10.9. The number of nitrogens with one attached hydrogen (secondary N) is 1. The van der Waals surface area contributed by atoms with Gasteiger partial charge in [0.15, 0.2) is 0 Å². The molecule has 0 unspecified atom stereocenters. The second-order valence-corrected chi connectivity index (χ2v) is 7.88. The lowest BCUT2D eigenvalue weighted by Crippen LogP contribution is -2.38. The number of carbonyl (C=O) groups is 1. The SMILES string of the molecule is CC[C@@H](C(=O)NCc1cccc(OC)c1)n1nc(C)c2nn(-c3ccccc3)c(C)c2c1=O. The topological polar surface area (TPSA) is 91.0 Å². The minimum atomic E-state index is -0.731. The van der Waals surface area contributed by atoms with Crippen LogP contribution in [0, 0.1) is 13.8 Å². The van der Waals surface area contributed by atoms with Gasteiger partial charge in [-0.15, -0.1) is 0 Å². The zero-order valence-electron chi connectivity index (χ0n) is 19.2. The summed E-state index contributed by atoms with van der Waals surface area (Å²) in [6, 6.07) is 16.4.